The van der Waals surface area contributed by atoms with Crippen LogP contribution in [0, 0.1) is 0 Å². The monoisotopic (exact) mass is 141 g/mol. The summed E-state index contributed by atoms with van der Waals surface area (Å²) in [5, 5.41) is 0. The van der Waals surface area contributed by atoms with Gasteiger partial charge in [0.2, 0.25) is 0 Å². The van der Waals surface area contributed by atoms with Crippen LogP contribution in [0.15, 0.2) is 9.98 Å². The Labute approximate surface area is 59.9 Å². The van der Waals surface area contributed by atoms with Crippen molar-refractivity contribution in [3.05, 3.63) is 0 Å². The maximum Gasteiger partial charge on any atom is 0.263 e. The molecule has 0 spiro atoms. The number of primary amides is 1. The quantitative estimate of drug-likeness (QED) is 0.435. The first-order valence-electron chi connectivity index (χ1n) is 2.99. The molecule has 10 heavy (non-hydrogen) atoms. The lowest BCUT2D eigenvalue weighted by atomic mass is 10.3. The smallest absolute Gasteiger partial charge is 0.263 e. The molecule has 56 valence electrons. The van der Waals surface area contributed by atoms with Crippen LogP contribution in [-0.2, 0) is 4.79 Å². The van der Waals surface area contributed by atoms with Crippen LogP contribution < -0.4 is 5.73 Å². The highest BCUT2D eigenvalue weighted by Gasteiger charge is 2.00. The Morgan fingerprint density at radius 3 is 2.60 bits per heavy atom. The van der Waals surface area contributed by atoms with E-state index in [1.807, 2.05) is 6.92 Å². The molecule has 0 fully saturated rings. The Kier molecular flexibility index (Phi) is 4.11. The van der Waals surface area contributed by atoms with Gasteiger partial charge in [-0.25, -0.2) is 4.99 Å². The van der Waals surface area contributed by atoms with Crippen molar-refractivity contribution in [1.82, 2.24) is 0 Å². The van der Waals surface area contributed by atoms with Crippen molar-refractivity contribution in [3.63, 3.8) is 0 Å². The van der Waals surface area contributed by atoms with Crippen LogP contribution in [0.1, 0.15) is 13.3 Å². The second kappa shape index (κ2) is 4.67. The van der Waals surface area contributed by atoms with Crippen molar-refractivity contribution in [1.29, 1.82) is 0 Å². The first-order chi connectivity index (χ1) is 4.72. The van der Waals surface area contributed by atoms with Gasteiger partial charge < -0.3 is 5.73 Å². The zero-order valence-electron chi connectivity index (χ0n) is 6.16. The van der Waals surface area contributed by atoms with Gasteiger partial charge in [0.1, 0.15) is 12.1 Å². The number of carbonyl (C=O) groups excluding carboxylic acids is 1. The third-order valence-corrected chi connectivity index (χ3v) is 0.948. The molecular weight excluding hydrogens is 130 g/mol. The van der Waals surface area contributed by atoms with Crippen LogP contribution in [-0.4, -0.2) is 25.0 Å². The first kappa shape index (κ1) is 8.81. The molecule has 4 nitrogen and oxygen atoms in total. The third kappa shape index (κ3) is 2.96. The van der Waals surface area contributed by atoms with Crippen molar-refractivity contribution < 1.29 is 4.79 Å². The van der Waals surface area contributed by atoms with Crippen molar-refractivity contribution in [3.8, 4) is 0 Å². The van der Waals surface area contributed by atoms with E-state index >= 15 is 0 Å². The lowest BCUT2D eigenvalue weighted by Crippen LogP contribution is -2.22. The molecule has 0 aromatic heterocycles. The van der Waals surface area contributed by atoms with Crippen molar-refractivity contribution in [2.24, 2.45) is 15.7 Å². The van der Waals surface area contributed by atoms with Gasteiger partial charge in [-0.3, -0.25) is 9.79 Å². The van der Waals surface area contributed by atoms with E-state index in [0.29, 0.717) is 12.1 Å². The van der Waals surface area contributed by atoms with Gasteiger partial charge in [-0.2, -0.15) is 0 Å². The molecule has 0 bridgehead atoms. The molecule has 0 unspecified atom stereocenters. The molecule has 0 atom stereocenters. The minimum Gasteiger partial charge on any atom is -0.365 e. The van der Waals surface area contributed by atoms with Crippen LogP contribution in [0.2, 0.25) is 0 Å². The molecule has 0 radical (unpaired) electrons. The Morgan fingerprint density at radius 2 is 2.30 bits per heavy atom. The molecule has 0 aromatic carbocycles. The van der Waals surface area contributed by atoms with E-state index < -0.39 is 5.91 Å². The third-order valence-electron chi connectivity index (χ3n) is 0.948. The summed E-state index contributed by atoms with van der Waals surface area (Å²) in [5.41, 5.74) is 5.31. The Hall–Kier alpha value is -1.19. The molecule has 0 saturated heterocycles. The average Bonchev–Trinajstić information content (AvgIpc) is 1.89. The van der Waals surface area contributed by atoms with Crippen LogP contribution >= 0.6 is 0 Å². The molecule has 1 amide bonds. The van der Waals surface area contributed by atoms with E-state index in [-0.39, 0.29) is 0 Å². The normalized spacial score (nSPS) is 12.4. The highest BCUT2D eigenvalue weighted by atomic mass is 16.1. The fourth-order valence-corrected chi connectivity index (χ4v) is 0.457. The van der Waals surface area contributed by atoms with Crippen molar-refractivity contribution >= 4 is 18.0 Å². The van der Waals surface area contributed by atoms with Crippen molar-refractivity contribution in [2.75, 3.05) is 7.05 Å². The highest BCUT2D eigenvalue weighted by Crippen LogP contribution is 1.82. The number of hydrogen-bond donors (Lipinski definition) is 1. The number of hydrogen-bond acceptors (Lipinski definition) is 2. The van der Waals surface area contributed by atoms with Gasteiger partial charge in [0.05, 0.1) is 0 Å². The molecule has 0 aliphatic carbocycles. The number of amides is 1. The second-order valence-corrected chi connectivity index (χ2v) is 1.67. The molecule has 0 saturated carbocycles. The van der Waals surface area contributed by atoms with Gasteiger partial charge in [-0.1, -0.05) is 6.92 Å². The van der Waals surface area contributed by atoms with Gasteiger partial charge in [0.15, 0.2) is 0 Å². The van der Waals surface area contributed by atoms with Gasteiger partial charge in [-0.15, -0.1) is 0 Å². The van der Waals surface area contributed by atoms with E-state index in [0.717, 1.165) is 0 Å². The fraction of sp³-hybridized carbons (Fsp3) is 0.500. The summed E-state index contributed by atoms with van der Waals surface area (Å²) >= 11 is 0. The standard InChI is InChI=1S/C6H11N3O/c1-3-5(6(7)10)9-4-8-2/h4H,3H2,1-2H3,(H2,7,10)/b8-4-,9-5+. The molecule has 4 heteroatoms. The second-order valence-electron chi connectivity index (χ2n) is 1.67. The van der Waals surface area contributed by atoms with Crippen LogP contribution in [0.25, 0.3) is 0 Å². The van der Waals surface area contributed by atoms with E-state index in [2.05, 4.69) is 9.98 Å². The molecule has 0 heterocycles. The summed E-state index contributed by atoms with van der Waals surface area (Å²) in [7, 11) is 1.58. The maximum absolute atomic E-state index is 10.5. The molecular formula is C6H11N3O. The van der Waals surface area contributed by atoms with Crippen LogP contribution in [0.3, 0.4) is 0 Å². The number of nitrogens with zero attached hydrogens (tertiary/aromatic N) is 2. The Morgan fingerprint density at radius 1 is 1.70 bits per heavy atom. The van der Waals surface area contributed by atoms with E-state index in [1.54, 1.807) is 7.05 Å². The zero-order valence-corrected chi connectivity index (χ0v) is 6.16. The fourth-order valence-electron chi connectivity index (χ4n) is 0.457. The van der Waals surface area contributed by atoms with E-state index in [4.69, 9.17) is 5.73 Å². The largest absolute Gasteiger partial charge is 0.365 e. The van der Waals surface area contributed by atoms with E-state index in [9.17, 15) is 4.79 Å². The number of rotatable bonds is 3. The van der Waals surface area contributed by atoms with Gasteiger partial charge in [0.25, 0.3) is 5.91 Å². The Bertz CT molecular complexity index is 172. The molecule has 0 aliphatic heterocycles. The SMILES string of the molecule is CC/C(=N\C=N/C)C(N)=O. The summed E-state index contributed by atoms with van der Waals surface area (Å²) < 4.78 is 0. The van der Waals surface area contributed by atoms with Gasteiger partial charge >= 0.3 is 0 Å². The molecule has 0 rings (SSSR count). The van der Waals surface area contributed by atoms with Crippen LogP contribution in [0.4, 0.5) is 0 Å². The molecule has 0 aromatic rings. The summed E-state index contributed by atoms with van der Waals surface area (Å²) in [6, 6.07) is 0. The highest BCUT2D eigenvalue weighted by molar-refractivity contribution is 6.39. The lowest BCUT2D eigenvalue weighted by Gasteiger charge is -1.91. The number of nitrogens with two attached hydrogens (primary N) is 1. The summed E-state index contributed by atoms with van der Waals surface area (Å²) in [4.78, 5) is 17.8. The summed E-state index contributed by atoms with van der Waals surface area (Å²) in [5.74, 6) is -0.484. The van der Waals surface area contributed by atoms with Crippen LogP contribution in [0.5, 0.6) is 0 Å². The molecule has 0 aliphatic rings. The topological polar surface area (TPSA) is 67.8 Å². The van der Waals surface area contributed by atoms with Crippen molar-refractivity contribution in [2.45, 2.75) is 13.3 Å². The first-order valence-corrected chi connectivity index (χ1v) is 2.99. The zero-order chi connectivity index (χ0) is 7.98. The number of carbonyl (C=O) groups is 1. The average molecular weight is 141 g/mol. The summed E-state index contributed by atoms with van der Waals surface area (Å²) in [6.07, 6.45) is 1.85. The van der Waals surface area contributed by atoms with Gasteiger partial charge in [0, 0.05) is 7.05 Å². The Balaban J connectivity index is 4.18. The predicted octanol–water partition coefficient (Wildman–Crippen LogP) is -0.0192. The van der Waals surface area contributed by atoms with E-state index in [1.165, 1.54) is 6.34 Å². The summed E-state index contributed by atoms with van der Waals surface area (Å²) in [6.45, 7) is 1.81. The molecule has 2 N–H and O–H groups in total. The number of aliphatic imine (C=N–C) groups is 2. The van der Waals surface area contributed by atoms with Gasteiger partial charge in [-0.05, 0) is 6.42 Å². The maximum atomic E-state index is 10.5. The lowest BCUT2D eigenvalue weighted by molar-refractivity contribution is -0.112. The minimum absolute atomic E-state index is 0.352. The predicted molar refractivity (Wildman–Crippen MR) is 41.3 cm³/mol. The minimum atomic E-state index is -0.484.